The minimum Gasteiger partial charge on any atom is -0.301 e. The molecule has 0 heterocycles. The summed E-state index contributed by atoms with van der Waals surface area (Å²) in [7, 11) is 2.09. The van der Waals surface area contributed by atoms with E-state index in [4.69, 9.17) is 0 Å². The maximum Gasteiger partial charge on any atom is 0.131 e. The van der Waals surface area contributed by atoms with Gasteiger partial charge >= 0.3 is 0 Å². The van der Waals surface area contributed by atoms with Crippen LogP contribution in [-0.4, -0.2) is 29.8 Å². The lowest BCUT2D eigenvalue weighted by Gasteiger charge is -2.29. The van der Waals surface area contributed by atoms with Crippen molar-refractivity contribution in [2.24, 2.45) is 0 Å². The third kappa shape index (κ3) is 3.86. The van der Waals surface area contributed by atoms with Crippen molar-refractivity contribution >= 4 is 5.78 Å². The number of carbonyl (C=O) groups is 1. The number of hydrogen-bond donors (Lipinski definition) is 0. The molecule has 72 valence electrons. The zero-order valence-corrected chi connectivity index (χ0v) is 8.92. The van der Waals surface area contributed by atoms with Gasteiger partial charge in [0.05, 0.1) is 0 Å². The van der Waals surface area contributed by atoms with Crippen LogP contribution in [0.15, 0.2) is 0 Å². The van der Waals surface area contributed by atoms with Crippen LogP contribution in [0.2, 0.25) is 0 Å². The Hall–Kier alpha value is -0.370. The van der Waals surface area contributed by atoms with Gasteiger partial charge in [0.2, 0.25) is 0 Å². The molecule has 2 heteroatoms. The molecule has 0 bridgehead atoms. The average molecular weight is 171 g/mol. The van der Waals surface area contributed by atoms with Crippen LogP contribution >= 0.6 is 0 Å². The molecule has 0 saturated carbocycles. The van der Waals surface area contributed by atoms with Gasteiger partial charge in [0, 0.05) is 18.5 Å². The lowest BCUT2D eigenvalue weighted by atomic mass is 10.1. The number of ketones is 1. The number of carbonyl (C=O) groups excluding carboxylic acids is 1. The minimum absolute atomic E-state index is 0.276. The van der Waals surface area contributed by atoms with E-state index in [0.717, 1.165) is 6.42 Å². The first-order chi connectivity index (χ1) is 5.49. The molecule has 12 heavy (non-hydrogen) atoms. The lowest BCUT2D eigenvalue weighted by molar-refractivity contribution is -0.118. The molecule has 0 fully saturated rings. The Labute approximate surface area is 75.9 Å². The standard InChI is InChI=1S/C10H21NO/c1-6-8(2)11(5)9(3)7-10(4)12/h8-9H,6-7H2,1-5H3. The molecule has 2 nitrogen and oxygen atoms in total. The number of nitrogens with zero attached hydrogens (tertiary/aromatic N) is 1. The highest BCUT2D eigenvalue weighted by atomic mass is 16.1. The highest BCUT2D eigenvalue weighted by Gasteiger charge is 2.15. The topological polar surface area (TPSA) is 20.3 Å². The van der Waals surface area contributed by atoms with Gasteiger partial charge in [0.25, 0.3) is 0 Å². The molecular weight excluding hydrogens is 150 g/mol. The smallest absolute Gasteiger partial charge is 0.131 e. The maximum absolute atomic E-state index is 10.8. The Kier molecular flexibility index (Phi) is 5.14. The van der Waals surface area contributed by atoms with Crippen molar-refractivity contribution in [2.75, 3.05) is 7.05 Å². The molecule has 2 unspecified atom stereocenters. The number of Topliss-reactive ketones (excluding diaryl/α,β-unsaturated/α-hetero) is 1. The van der Waals surface area contributed by atoms with Crippen LogP contribution in [0, 0.1) is 0 Å². The van der Waals surface area contributed by atoms with E-state index in [0.29, 0.717) is 18.5 Å². The summed E-state index contributed by atoms with van der Waals surface area (Å²) in [6.45, 7) is 8.12. The van der Waals surface area contributed by atoms with Crippen molar-refractivity contribution in [3.63, 3.8) is 0 Å². The van der Waals surface area contributed by atoms with E-state index >= 15 is 0 Å². The van der Waals surface area contributed by atoms with Crippen molar-refractivity contribution in [2.45, 2.75) is 52.6 Å². The van der Waals surface area contributed by atoms with E-state index in [1.54, 1.807) is 6.92 Å². The number of rotatable bonds is 5. The highest BCUT2D eigenvalue weighted by molar-refractivity contribution is 5.76. The van der Waals surface area contributed by atoms with Crippen LogP contribution in [-0.2, 0) is 4.79 Å². The molecule has 0 aromatic carbocycles. The fourth-order valence-corrected chi connectivity index (χ4v) is 1.28. The number of hydrogen-bond acceptors (Lipinski definition) is 2. The van der Waals surface area contributed by atoms with E-state index < -0.39 is 0 Å². The van der Waals surface area contributed by atoms with E-state index in [1.807, 2.05) is 0 Å². The van der Waals surface area contributed by atoms with Gasteiger partial charge in [-0.2, -0.15) is 0 Å². The van der Waals surface area contributed by atoms with E-state index in [1.165, 1.54) is 0 Å². The first-order valence-corrected chi connectivity index (χ1v) is 4.70. The summed E-state index contributed by atoms with van der Waals surface area (Å²) in [5.41, 5.74) is 0. The van der Waals surface area contributed by atoms with Gasteiger partial charge in [-0.1, -0.05) is 6.92 Å². The third-order valence-corrected chi connectivity index (χ3v) is 2.56. The molecule has 0 aliphatic carbocycles. The van der Waals surface area contributed by atoms with E-state index in [2.05, 4.69) is 32.7 Å². The molecule has 0 aromatic rings. The molecule has 0 aromatic heterocycles. The Balaban J connectivity index is 3.91. The van der Waals surface area contributed by atoms with Crippen LogP contribution in [0.1, 0.15) is 40.5 Å². The second-order valence-corrected chi connectivity index (χ2v) is 3.68. The van der Waals surface area contributed by atoms with Crippen LogP contribution < -0.4 is 0 Å². The largest absolute Gasteiger partial charge is 0.301 e. The zero-order chi connectivity index (χ0) is 9.72. The highest BCUT2D eigenvalue weighted by Crippen LogP contribution is 2.08. The van der Waals surface area contributed by atoms with Crippen molar-refractivity contribution < 1.29 is 4.79 Å². The first-order valence-electron chi connectivity index (χ1n) is 4.70. The molecule has 0 aliphatic rings. The SMILES string of the molecule is CCC(C)N(C)C(C)CC(C)=O. The molecular formula is C10H21NO. The van der Waals surface area contributed by atoms with Crippen molar-refractivity contribution in [3.05, 3.63) is 0 Å². The molecule has 0 radical (unpaired) electrons. The van der Waals surface area contributed by atoms with Gasteiger partial charge in [-0.15, -0.1) is 0 Å². The van der Waals surface area contributed by atoms with Crippen LogP contribution in [0.5, 0.6) is 0 Å². The minimum atomic E-state index is 0.276. The van der Waals surface area contributed by atoms with Gasteiger partial charge in [0.15, 0.2) is 0 Å². The predicted molar refractivity (Wildman–Crippen MR) is 52.3 cm³/mol. The van der Waals surface area contributed by atoms with Gasteiger partial charge in [-0.25, -0.2) is 0 Å². The van der Waals surface area contributed by atoms with Crippen LogP contribution in [0.4, 0.5) is 0 Å². The summed E-state index contributed by atoms with van der Waals surface area (Å²) >= 11 is 0. The van der Waals surface area contributed by atoms with Gasteiger partial charge in [0.1, 0.15) is 5.78 Å². The molecule has 0 aliphatic heterocycles. The summed E-state index contributed by atoms with van der Waals surface area (Å²) < 4.78 is 0. The first kappa shape index (κ1) is 11.6. The normalized spacial score (nSPS) is 16.2. The summed E-state index contributed by atoms with van der Waals surface area (Å²) in [6.07, 6.45) is 1.81. The third-order valence-electron chi connectivity index (χ3n) is 2.56. The monoisotopic (exact) mass is 171 g/mol. The molecule has 0 spiro atoms. The Morgan fingerprint density at radius 1 is 1.33 bits per heavy atom. The summed E-state index contributed by atoms with van der Waals surface area (Å²) in [5, 5.41) is 0. The molecule has 0 saturated heterocycles. The molecule has 0 N–H and O–H groups in total. The Bertz CT molecular complexity index is 145. The summed E-state index contributed by atoms with van der Waals surface area (Å²) in [5.74, 6) is 0.276. The molecule has 0 amide bonds. The molecule has 2 atom stereocenters. The van der Waals surface area contributed by atoms with Crippen LogP contribution in [0.3, 0.4) is 0 Å². The van der Waals surface area contributed by atoms with Crippen LogP contribution in [0.25, 0.3) is 0 Å². The van der Waals surface area contributed by atoms with E-state index in [-0.39, 0.29) is 5.78 Å². The van der Waals surface area contributed by atoms with Gasteiger partial charge in [-0.05, 0) is 34.2 Å². The fourth-order valence-electron chi connectivity index (χ4n) is 1.28. The average Bonchev–Trinajstić information content (AvgIpc) is 2.00. The van der Waals surface area contributed by atoms with Gasteiger partial charge < -0.3 is 4.90 Å². The zero-order valence-electron chi connectivity index (χ0n) is 8.92. The van der Waals surface area contributed by atoms with Crippen molar-refractivity contribution in [3.8, 4) is 0 Å². The molecule has 0 rings (SSSR count). The lowest BCUT2D eigenvalue weighted by Crippen LogP contribution is -2.37. The van der Waals surface area contributed by atoms with Crippen molar-refractivity contribution in [1.82, 2.24) is 4.90 Å². The predicted octanol–water partition coefficient (Wildman–Crippen LogP) is 2.08. The van der Waals surface area contributed by atoms with E-state index in [9.17, 15) is 4.79 Å². The summed E-state index contributed by atoms with van der Waals surface area (Å²) in [6, 6.07) is 0.941. The van der Waals surface area contributed by atoms with Gasteiger partial charge in [-0.3, -0.25) is 4.79 Å². The second-order valence-electron chi connectivity index (χ2n) is 3.68. The fraction of sp³-hybridized carbons (Fsp3) is 0.900. The second kappa shape index (κ2) is 5.31. The Morgan fingerprint density at radius 2 is 1.83 bits per heavy atom. The van der Waals surface area contributed by atoms with Crippen molar-refractivity contribution in [1.29, 1.82) is 0 Å². The summed E-state index contributed by atoms with van der Waals surface area (Å²) in [4.78, 5) is 13.1. The quantitative estimate of drug-likeness (QED) is 0.631. The maximum atomic E-state index is 10.8. The Morgan fingerprint density at radius 3 is 2.17 bits per heavy atom.